The van der Waals surface area contributed by atoms with Crippen molar-refractivity contribution >= 4 is 27.8 Å². The fraction of sp³-hybridized carbons (Fsp3) is 0.158. The monoisotopic (exact) mass is 992 g/mol. The molecule has 0 aliphatic heterocycles. The highest BCUT2D eigenvalue weighted by Crippen LogP contribution is 2.59. The Bertz CT molecular complexity index is 4010. The molecule has 11 aromatic rings. The van der Waals surface area contributed by atoms with Crippen LogP contribution in [0.4, 0.5) is 17.1 Å². The number of para-hydroxylation sites is 2. The summed E-state index contributed by atoms with van der Waals surface area (Å²) < 4.78 is 0. The minimum atomic E-state index is -0.534. The average molecular weight is 992 g/mol. The molecule has 0 saturated heterocycles. The Balaban J connectivity index is 1.09. The van der Waals surface area contributed by atoms with Crippen molar-refractivity contribution < 1.29 is 0 Å². The van der Waals surface area contributed by atoms with Crippen LogP contribution in [-0.4, -0.2) is 0 Å². The molecule has 0 amide bonds. The van der Waals surface area contributed by atoms with Crippen molar-refractivity contribution in [2.75, 3.05) is 4.90 Å². The van der Waals surface area contributed by atoms with Crippen LogP contribution in [0.25, 0.3) is 66.4 Å². The fourth-order valence-electron chi connectivity index (χ4n) is 13.2. The molecule has 0 saturated carbocycles. The van der Waals surface area contributed by atoms with Crippen LogP contribution >= 0.6 is 0 Å². The minimum Gasteiger partial charge on any atom is -0.309 e. The highest BCUT2D eigenvalue weighted by Gasteiger charge is 2.46. The number of rotatable bonds is 8. The highest BCUT2D eigenvalue weighted by molar-refractivity contribution is 6.10. The van der Waals surface area contributed by atoms with Gasteiger partial charge in [-0.3, -0.25) is 0 Å². The van der Waals surface area contributed by atoms with Crippen molar-refractivity contribution in [3.8, 4) is 55.6 Å². The molecule has 0 bridgehead atoms. The van der Waals surface area contributed by atoms with Crippen molar-refractivity contribution in [3.05, 3.63) is 293 Å². The van der Waals surface area contributed by atoms with Crippen LogP contribution in [0.15, 0.2) is 249 Å². The molecule has 1 nitrogen and oxygen atoms in total. The second-order valence-corrected chi connectivity index (χ2v) is 24.0. The molecule has 0 radical (unpaired) electrons. The van der Waals surface area contributed by atoms with Gasteiger partial charge in [-0.05, 0) is 129 Å². The van der Waals surface area contributed by atoms with Crippen molar-refractivity contribution in [3.63, 3.8) is 0 Å². The molecule has 0 unspecified atom stereocenters. The molecule has 77 heavy (non-hydrogen) atoms. The summed E-state index contributed by atoms with van der Waals surface area (Å²) in [7, 11) is 0. The fourth-order valence-corrected chi connectivity index (χ4v) is 13.2. The lowest BCUT2D eigenvalue weighted by Gasteiger charge is -2.34. The number of fused-ring (bicyclic) bond motifs is 7. The standard InChI is InChI=1S/C76H65N/c1-73(2,3)55-46-52(47-56(49-55)74(4,5)6)58-36-23-26-50-27-24-37-62(71(50)58)61-34-18-22-42-69(61)77(70-43-25-40-66-72(70)63-35-16-19-38-64(63)75(66,7)8)68-41-21-17-32-57(68)51-44-45-60-59-33-15-20-39-65(59)76(67(60)48-51,53-28-11-9-12-29-53)54-30-13-10-14-31-54/h9-49H,1-8H3. The largest absolute Gasteiger partial charge is 0.309 e. The smallest absolute Gasteiger partial charge is 0.0713 e. The molecule has 0 heterocycles. The Morgan fingerprint density at radius 3 is 1.42 bits per heavy atom. The van der Waals surface area contributed by atoms with E-state index in [0.29, 0.717) is 0 Å². The molecular weight excluding hydrogens is 927 g/mol. The van der Waals surface area contributed by atoms with Gasteiger partial charge in [-0.1, -0.05) is 280 Å². The summed E-state index contributed by atoms with van der Waals surface area (Å²) in [5.41, 5.74) is 25.4. The molecule has 0 fully saturated rings. The van der Waals surface area contributed by atoms with Gasteiger partial charge >= 0.3 is 0 Å². The zero-order valence-electron chi connectivity index (χ0n) is 45.6. The quantitative estimate of drug-likeness (QED) is 0.147. The van der Waals surface area contributed by atoms with Gasteiger partial charge in [0, 0.05) is 22.1 Å². The topological polar surface area (TPSA) is 3.24 Å². The third-order valence-corrected chi connectivity index (χ3v) is 17.1. The maximum atomic E-state index is 2.60. The van der Waals surface area contributed by atoms with Crippen molar-refractivity contribution in [2.45, 2.75) is 77.0 Å². The van der Waals surface area contributed by atoms with E-state index in [1.807, 2.05) is 0 Å². The molecule has 0 spiro atoms. The molecule has 0 N–H and O–H groups in total. The summed E-state index contributed by atoms with van der Waals surface area (Å²) in [5.74, 6) is 0. The lowest BCUT2D eigenvalue weighted by atomic mass is 9.67. The summed E-state index contributed by atoms with van der Waals surface area (Å²) in [6.45, 7) is 18.8. The van der Waals surface area contributed by atoms with Crippen LogP contribution in [0, 0.1) is 0 Å². The molecule has 374 valence electrons. The first-order chi connectivity index (χ1) is 37.2. The lowest BCUT2D eigenvalue weighted by molar-refractivity contribution is 0.569. The van der Waals surface area contributed by atoms with Crippen LogP contribution < -0.4 is 4.90 Å². The summed E-state index contributed by atoms with van der Waals surface area (Å²) in [4.78, 5) is 2.60. The van der Waals surface area contributed by atoms with E-state index in [0.717, 1.165) is 22.6 Å². The second-order valence-electron chi connectivity index (χ2n) is 24.0. The van der Waals surface area contributed by atoms with Crippen LogP contribution in [0.2, 0.25) is 0 Å². The SMILES string of the molecule is CC(C)(C)c1cc(-c2cccc3cccc(-c4ccccc4N(c4ccccc4-c4ccc5c(c4)C(c4ccccc4)(c4ccccc4)c4ccccc4-5)c4cccc5c4-c4ccccc4C5(C)C)c23)cc(C(C)(C)C)c1. The maximum absolute atomic E-state index is 2.60. The lowest BCUT2D eigenvalue weighted by Crippen LogP contribution is -2.28. The number of nitrogens with zero attached hydrogens (tertiary/aromatic N) is 1. The number of hydrogen-bond acceptors (Lipinski definition) is 1. The summed E-state index contributed by atoms with van der Waals surface area (Å²) in [6.07, 6.45) is 0. The van der Waals surface area contributed by atoms with Gasteiger partial charge in [-0.15, -0.1) is 0 Å². The second kappa shape index (κ2) is 18.1. The first kappa shape index (κ1) is 48.1. The Kier molecular flexibility index (Phi) is 11.3. The van der Waals surface area contributed by atoms with E-state index in [9.17, 15) is 0 Å². The molecule has 0 atom stereocenters. The number of anilines is 3. The first-order valence-corrected chi connectivity index (χ1v) is 27.5. The summed E-state index contributed by atoms with van der Waals surface area (Å²) in [6, 6.07) is 94.1. The first-order valence-electron chi connectivity index (χ1n) is 27.5. The van der Waals surface area contributed by atoms with E-state index in [1.165, 1.54) is 105 Å². The van der Waals surface area contributed by atoms with Crippen LogP contribution in [0.1, 0.15) is 99.9 Å². The van der Waals surface area contributed by atoms with E-state index in [1.54, 1.807) is 0 Å². The highest BCUT2D eigenvalue weighted by atomic mass is 15.2. The van der Waals surface area contributed by atoms with Gasteiger partial charge in [0.05, 0.1) is 22.5 Å². The molecule has 0 aromatic heterocycles. The van der Waals surface area contributed by atoms with Gasteiger partial charge in [-0.25, -0.2) is 0 Å². The molecular formula is C76H65N. The van der Waals surface area contributed by atoms with Gasteiger partial charge in [-0.2, -0.15) is 0 Å². The Hall–Kier alpha value is -8.52. The maximum Gasteiger partial charge on any atom is 0.0713 e. The van der Waals surface area contributed by atoms with Crippen LogP contribution in [0.3, 0.4) is 0 Å². The average Bonchev–Trinajstić information content (AvgIpc) is 4.15. The van der Waals surface area contributed by atoms with E-state index >= 15 is 0 Å². The molecule has 2 aliphatic rings. The van der Waals surface area contributed by atoms with Crippen LogP contribution in [0.5, 0.6) is 0 Å². The summed E-state index contributed by atoms with van der Waals surface area (Å²) >= 11 is 0. The molecule has 13 rings (SSSR count). The predicted octanol–water partition coefficient (Wildman–Crippen LogP) is 20.6. The van der Waals surface area contributed by atoms with Crippen LogP contribution in [-0.2, 0) is 21.7 Å². The number of benzene rings is 11. The van der Waals surface area contributed by atoms with Gasteiger partial charge < -0.3 is 4.90 Å². The minimum absolute atomic E-state index is 0.0273. The summed E-state index contributed by atoms with van der Waals surface area (Å²) in [5, 5.41) is 2.47. The van der Waals surface area contributed by atoms with Crippen molar-refractivity contribution in [1.29, 1.82) is 0 Å². The third kappa shape index (κ3) is 7.65. The van der Waals surface area contributed by atoms with E-state index in [2.05, 4.69) is 309 Å². The van der Waals surface area contributed by atoms with Crippen molar-refractivity contribution in [1.82, 2.24) is 0 Å². The van der Waals surface area contributed by atoms with E-state index in [4.69, 9.17) is 0 Å². The number of hydrogen-bond donors (Lipinski definition) is 0. The van der Waals surface area contributed by atoms with Gasteiger partial charge in [0.2, 0.25) is 0 Å². The zero-order chi connectivity index (χ0) is 52.8. The Labute approximate surface area is 456 Å². The molecule has 2 aliphatic carbocycles. The van der Waals surface area contributed by atoms with Gasteiger partial charge in [0.1, 0.15) is 0 Å². The predicted molar refractivity (Wildman–Crippen MR) is 327 cm³/mol. The van der Waals surface area contributed by atoms with Gasteiger partial charge in [0.25, 0.3) is 0 Å². The van der Waals surface area contributed by atoms with E-state index < -0.39 is 5.41 Å². The molecule has 1 heteroatoms. The Morgan fingerprint density at radius 1 is 0.312 bits per heavy atom. The Morgan fingerprint density at radius 2 is 0.779 bits per heavy atom. The van der Waals surface area contributed by atoms with E-state index in [-0.39, 0.29) is 16.2 Å². The van der Waals surface area contributed by atoms with Gasteiger partial charge in [0.15, 0.2) is 0 Å². The normalized spacial score (nSPS) is 13.9. The van der Waals surface area contributed by atoms with Crippen molar-refractivity contribution in [2.24, 2.45) is 0 Å². The molecule has 11 aromatic carbocycles. The third-order valence-electron chi connectivity index (χ3n) is 17.1. The zero-order valence-corrected chi connectivity index (χ0v) is 45.6.